The number of benzene rings is 1. The van der Waals surface area contributed by atoms with Crippen molar-refractivity contribution in [3.63, 3.8) is 0 Å². The number of aliphatic imine (C=N–C) groups is 2. The highest BCUT2D eigenvalue weighted by atomic mass is 16.6. The number of rotatable bonds is 4. The molecule has 6 nitrogen and oxygen atoms in total. The number of nitrogens with zero attached hydrogens (tertiary/aromatic N) is 2. The van der Waals surface area contributed by atoms with Crippen LogP contribution in [0.3, 0.4) is 0 Å². The molecule has 1 aromatic carbocycles. The lowest BCUT2D eigenvalue weighted by atomic mass is 10.2. The first-order valence-electron chi connectivity index (χ1n) is 6.37. The van der Waals surface area contributed by atoms with Crippen molar-refractivity contribution in [2.24, 2.45) is 15.7 Å². The van der Waals surface area contributed by atoms with Gasteiger partial charge < -0.3 is 5.73 Å². The Morgan fingerprint density at radius 3 is 2.75 bits per heavy atom. The zero-order valence-electron chi connectivity index (χ0n) is 11.6. The highest BCUT2D eigenvalue weighted by Gasteiger charge is 2.21. The second-order valence-electron chi connectivity index (χ2n) is 4.80. The Hall–Kier alpha value is -2.34. The smallest absolute Gasteiger partial charge is 0.225 e. The Kier molecular flexibility index (Phi) is 4.37. The van der Waals surface area contributed by atoms with Crippen LogP contribution in [0.1, 0.15) is 19.4 Å². The van der Waals surface area contributed by atoms with E-state index in [1.807, 2.05) is 56.3 Å². The molecule has 0 atom stereocenters. The van der Waals surface area contributed by atoms with Crippen LogP contribution >= 0.6 is 0 Å². The minimum absolute atomic E-state index is 0.316. The first kappa shape index (κ1) is 14.1. The molecule has 0 saturated heterocycles. The van der Waals surface area contributed by atoms with Gasteiger partial charge in [0.15, 0.2) is 11.6 Å². The van der Waals surface area contributed by atoms with E-state index in [0.29, 0.717) is 18.5 Å². The molecular formula is C14H19N5O. The molecule has 0 aliphatic carbocycles. The standard InChI is InChI=1S/C14H19N5O/c1-14(2)17-12(15)16-13(18-14)19-20-10-6-9-11-7-4-3-5-8-11/h3-9H,10H2,1-2H3,(H4,15,16,17,18,19)/b9-6+. The average Bonchev–Trinajstić information content (AvgIpc) is 2.37. The predicted octanol–water partition coefficient (Wildman–Crippen LogP) is 1.23. The van der Waals surface area contributed by atoms with Gasteiger partial charge in [0.25, 0.3) is 0 Å². The van der Waals surface area contributed by atoms with Gasteiger partial charge in [-0.1, -0.05) is 42.5 Å². The third-order valence-corrected chi connectivity index (χ3v) is 2.48. The first-order chi connectivity index (χ1) is 9.55. The van der Waals surface area contributed by atoms with Crippen LogP contribution in [-0.4, -0.2) is 24.2 Å². The Morgan fingerprint density at radius 2 is 2.05 bits per heavy atom. The van der Waals surface area contributed by atoms with E-state index in [1.54, 1.807) is 0 Å². The van der Waals surface area contributed by atoms with Gasteiger partial charge in [0.2, 0.25) is 5.96 Å². The summed E-state index contributed by atoms with van der Waals surface area (Å²) in [7, 11) is 0. The van der Waals surface area contributed by atoms with Crippen molar-refractivity contribution in [2.45, 2.75) is 19.5 Å². The Labute approximate surface area is 118 Å². The van der Waals surface area contributed by atoms with Crippen molar-refractivity contribution in [3.8, 4) is 0 Å². The van der Waals surface area contributed by atoms with Gasteiger partial charge in [0.1, 0.15) is 0 Å². The molecule has 1 aromatic rings. The summed E-state index contributed by atoms with van der Waals surface area (Å²) in [4.78, 5) is 13.7. The number of hydrogen-bond acceptors (Lipinski definition) is 6. The molecule has 0 fully saturated rings. The van der Waals surface area contributed by atoms with Crippen LogP contribution in [0.15, 0.2) is 46.4 Å². The monoisotopic (exact) mass is 273 g/mol. The van der Waals surface area contributed by atoms with E-state index in [2.05, 4.69) is 20.8 Å². The molecule has 0 aromatic heterocycles. The van der Waals surface area contributed by atoms with E-state index in [-0.39, 0.29) is 0 Å². The van der Waals surface area contributed by atoms with Gasteiger partial charge in [-0.05, 0) is 19.4 Å². The van der Waals surface area contributed by atoms with Crippen molar-refractivity contribution in [1.29, 1.82) is 0 Å². The summed E-state index contributed by atoms with van der Waals surface area (Å²) in [5, 5.41) is 2.80. The van der Waals surface area contributed by atoms with E-state index in [1.165, 1.54) is 0 Å². The van der Waals surface area contributed by atoms with Gasteiger partial charge in [-0.25, -0.2) is 15.5 Å². The molecule has 0 amide bonds. The second-order valence-corrected chi connectivity index (χ2v) is 4.80. The minimum Gasteiger partial charge on any atom is -0.370 e. The molecule has 1 aliphatic rings. The topological polar surface area (TPSA) is 84.0 Å². The second kappa shape index (κ2) is 6.21. The quantitative estimate of drug-likeness (QED) is 0.569. The van der Waals surface area contributed by atoms with Crippen molar-refractivity contribution in [3.05, 3.63) is 42.0 Å². The lowest BCUT2D eigenvalue weighted by Gasteiger charge is -2.23. The minimum atomic E-state index is -0.582. The molecule has 4 N–H and O–H groups in total. The van der Waals surface area contributed by atoms with Crippen LogP contribution in [0, 0.1) is 0 Å². The number of hydrogen-bond donors (Lipinski definition) is 3. The number of nitrogens with two attached hydrogens (primary N) is 1. The maximum Gasteiger partial charge on any atom is 0.225 e. The summed E-state index contributed by atoms with van der Waals surface area (Å²) in [6.45, 7) is 4.13. The third-order valence-electron chi connectivity index (χ3n) is 2.48. The van der Waals surface area contributed by atoms with E-state index < -0.39 is 5.66 Å². The predicted molar refractivity (Wildman–Crippen MR) is 80.8 cm³/mol. The summed E-state index contributed by atoms with van der Waals surface area (Å²) >= 11 is 0. The fourth-order valence-electron chi connectivity index (χ4n) is 1.73. The zero-order chi connectivity index (χ0) is 14.4. The third kappa shape index (κ3) is 4.40. The highest BCUT2D eigenvalue weighted by Crippen LogP contribution is 2.12. The Balaban J connectivity index is 1.77. The summed E-state index contributed by atoms with van der Waals surface area (Å²) in [6.07, 6.45) is 3.89. The van der Waals surface area contributed by atoms with Gasteiger partial charge in [-0.15, -0.1) is 0 Å². The molecule has 2 rings (SSSR count). The van der Waals surface area contributed by atoms with Crippen molar-refractivity contribution >= 4 is 18.0 Å². The van der Waals surface area contributed by atoms with Crippen LogP contribution in [-0.2, 0) is 4.84 Å². The number of guanidine groups is 2. The molecular weight excluding hydrogens is 254 g/mol. The molecule has 0 radical (unpaired) electrons. The molecule has 0 saturated carbocycles. The lowest BCUT2D eigenvalue weighted by molar-refractivity contribution is 0.108. The van der Waals surface area contributed by atoms with Crippen LogP contribution in [0.2, 0.25) is 0 Å². The number of hydroxylamine groups is 1. The maximum absolute atomic E-state index is 5.66. The fraction of sp³-hybridized carbons (Fsp3) is 0.286. The summed E-state index contributed by atoms with van der Waals surface area (Å²) in [6, 6.07) is 10.0. The summed E-state index contributed by atoms with van der Waals surface area (Å²) < 4.78 is 0. The largest absolute Gasteiger partial charge is 0.370 e. The van der Waals surface area contributed by atoms with Gasteiger partial charge in [0, 0.05) is 0 Å². The highest BCUT2D eigenvalue weighted by molar-refractivity contribution is 5.99. The van der Waals surface area contributed by atoms with E-state index in [0.717, 1.165) is 5.56 Å². The van der Waals surface area contributed by atoms with Gasteiger partial charge in [-0.3, -0.25) is 10.2 Å². The SMILES string of the molecule is CC1(C)N=C(N)NC(NOC/C=C/c2ccccc2)=N1. The van der Waals surface area contributed by atoms with E-state index in [4.69, 9.17) is 10.6 Å². The maximum atomic E-state index is 5.66. The molecule has 1 heterocycles. The Bertz CT molecular complexity index is 534. The van der Waals surface area contributed by atoms with E-state index in [9.17, 15) is 0 Å². The zero-order valence-corrected chi connectivity index (χ0v) is 11.6. The van der Waals surface area contributed by atoms with Gasteiger partial charge in [-0.2, -0.15) is 0 Å². The average molecular weight is 273 g/mol. The molecule has 106 valence electrons. The van der Waals surface area contributed by atoms with E-state index >= 15 is 0 Å². The fourth-order valence-corrected chi connectivity index (χ4v) is 1.73. The van der Waals surface area contributed by atoms with Crippen LogP contribution in [0.5, 0.6) is 0 Å². The van der Waals surface area contributed by atoms with Crippen LogP contribution in [0.4, 0.5) is 0 Å². The van der Waals surface area contributed by atoms with Crippen molar-refractivity contribution in [2.75, 3.05) is 6.61 Å². The van der Waals surface area contributed by atoms with Crippen LogP contribution in [0.25, 0.3) is 6.08 Å². The molecule has 6 heteroatoms. The van der Waals surface area contributed by atoms with Gasteiger partial charge in [0.05, 0.1) is 6.61 Å². The normalized spacial score (nSPS) is 17.3. The van der Waals surface area contributed by atoms with Crippen molar-refractivity contribution in [1.82, 2.24) is 10.8 Å². The lowest BCUT2D eigenvalue weighted by Crippen LogP contribution is -2.50. The molecule has 1 aliphatic heterocycles. The first-order valence-corrected chi connectivity index (χ1v) is 6.37. The Morgan fingerprint density at radius 1 is 1.30 bits per heavy atom. The van der Waals surface area contributed by atoms with Crippen molar-refractivity contribution < 1.29 is 4.84 Å². The number of nitrogens with one attached hydrogen (secondary N) is 2. The molecule has 0 bridgehead atoms. The van der Waals surface area contributed by atoms with Gasteiger partial charge >= 0.3 is 0 Å². The molecule has 0 spiro atoms. The molecule has 20 heavy (non-hydrogen) atoms. The summed E-state index contributed by atoms with van der Waals surface area (Å²) in [5.74, 6) is 0.770. The summed E-state index contributed by atoms with van der Waals surface area (Å²) in [5.41, 5.74) is 8.92. The molecule has 0 unspecified atom stereocenters. The van der Waals surface area contributed by atoms with Crippen LogP contribution < -0.4 is 16.5 Å².